The van der Waals surface area contributed by atoms with E-state index in [1.54, 1.807) is 0 Å². The van der Waals surface area contributed by atoms with Crippen LogP contribution in [-0.4, -0.2) is 25.8 Å². The van der Waals surface area contributed by atoms with Crippen LogP contribution in [0.15, 0.2) is 24.3 Å². The van der Waals surface area contributed by atoms with Gasteiger partial charge in [0.25, 0.3) is 0 Å². The predicted octanol–water partition coefficient (Wildman–Crippen LogP) is 1.11. The van der Waals surface area contributed by atoms with E-state index in [-0.39, 0.29) is 6.10 Å². The molecule has 2 unspecified atom stereocenters. The van der Waals surface area contributed by atoms with E-state index in [9.17, 15) is 0 Å². The molecule has 3 rings (SSSR count). The van der Waals surface area contributed by atoms with Gasteiger partial charge in [-0.15, -0.1) is 0 Å². The van der Waals surface area contributed by atoms with Crippen LogP contribution in [0.25, 0.3) is 0 Å². The Morgan fingerprint density at radius 3 is 3.21 bits per heavy atom. The molecule has 0 radical (unpaired) electrons. The third kappa shape index (κ3) is 1.21. The third-order valence-electron chi connectivity index (χ3n) is 2.82. The maximum Gasteiger partial charge on any atom is 0.125 e. The van der Waals surface area contributed by atoms with Crippen molar-refractivity contribution in [2.45, 2.75) is 12.1 Å². The van der Waals surface area contributed by atoms with Crippen molar-refractivity contribution < 1.29 is 9.47 Å². The number of morpholine rings is 1. The summed E-state index contributed by atoms with van der Waals surface area (Å²) in [7, 11) is 0. The Labute approximate surface area is 83.0 Å². The van der Waals surface area contributed by atoms with Gasteiger partial charge in [-0.1, -0.05) is 18.2 Å². The van der Waals surface area contributed by atoms with Crippen LogP contribution in [0.2, 0.25) is 0 Å². The lowest BCUT2D eigenvalue weighted by atomic mass is 9.98. The molecule has 1 aromatic rings. The number of rotatable bonds is 0. The van der Waals surface area contributed by atoms with Gasteiger partial charge in [0.2, 0.25) is 0 Å². The smallest absolute Gasteiger partial charge is 0.125 e. The van der Waals surface area contributed by atoms with E-state index < -0.39 is 0 Å². The first kappa shape index (κ1) is 8.26. The first-order chi connectivity index (χ1) is 6.95. The lowest BCUT2D eigenvalue weighted by Crippen LogP contribution is -2.48. The highest BCUT2D eigenvalue weighted by Gasteiger charge is 2.33. The Kier molecular flexibility index (Phi) is 1.92. The van der Waals surface area contributed by atoms with Crippen molar-refractivity contribution >= 4 is 0 Å². The van der Waals surface area contributed by atoms with Crippen molar-refractivity contribution in [3.8, 4) is 5.75 Å². The first-order valence-corrected chi connectivity index (χ1v) is 5.02. The predicted molar refractivity (Wildman–Crippen MR) is 52.4 cm³/mol. The molecule has 3 heteroatoms. The second-order valence-electron chi connectivity index (χ2n) is 3.70. The molecule has 2 aliphatic heterocycles. The summed E-state index contributed by atoms with van der Waals surface area (Å²) in [5.74, 6) is 0.970. The Balaban J connectivity index is 1.99. The van der Waals surface area contributed by atoms with E-state index in [1.165, 1.54) is 5.56 Å². The minimum atomic E-state index is 0.175. The van der Waals surface area contributed by atoms with Crippen molar-refractivity contribution in [3.05, 3.63) is 29.8 Å². The topological polar surface area (TPSA) is 30.5 Å². The number of ether oxygens (including phenoxy) is 2. The zero-order valence-corrected chi connectivity index (χ0v) is 7.90. The molecule has 2 aliphatic rings. The molecule has 2 atom stereocenters. The van der Waals surface area contributed by atoms with Crippen molar-refractivity contribution in [2.24, 2.45) is 0 Å². The van der Waals surface area contributed by atoms with E-state index in [0.29, 0.717) is 12.6 Å². The molecule has 1 saturated heterocycles. The van der Waals surface area contributed by atoms with Gasteiger partial charge < -0.3 is 14.8 Å². The van der Waals surface area contributed by atoms with Gasteiger partial charge in [-0.25, -0.2) is 0 Å². The van der Waals surface area contributed by atoms with Crippen LogP contribution in [0.5, 0.6) is 5.75 Å². The summed E-state index contributed by atoms with van der Waals surface area (Å²) >= 11 is 0. The number of benzene rings is 1. The molecule has 1 N–H and O–H groups in total. The van der Waals surface area contributed by atoms with E-state index in [4.69, 9.17) is 9.47 Å². The van der Waals surface area contributed by atoms with Gasteiger partial charge in [0.1, 0.15) is 18.5 Å². The zero-order valence-electron chi connectivity index (χ0n) is 7.90. The summed E-state index contributed by atoms with van der Waals surface area (Å²) in [5, 5.41) is 3.41. The second-order valence-corrected chi connectivity index (χ2v) is 3.70. The second kappa shape index (κ2) is 3.26. The van der Waals surface area contributed by atoms with Gasteiger partial charge in [-0.3, -0.25) is 0 Å². The normalized spacial score (nSPS) is 30.0. The van der Waals surface area contributed by atoms with Gasteiger partial charge in [0.15, 0.2) is 0 Å². The SMILES string of the molecule is c1ccc2c(c1)OCC1NCCOC21. The van der Waals surface area contributed by atoms with Crippen LogP contribution >= 0.6 is 0 Å². The summed E-state index contributed by atoms with van der Waals surface area (Å²) in [6.07, 6.45) is 0.175. The Hall–Kier alpha value is -1.06. The minimum absolute atomic E-state index is 0.175. The number of para-hydroxylation sites is 1. The van der Waals surface area contributed by atoms with Gasteiger partial charge in [0, 0.05) is 12.1 Å². The molecule has 2 heterocycles. The molecule has 0 saturated carbocycles. The largest absolute Gasteiger partial charge is 0.491 e. The molecule has 0 aliphatic carbocycles. The molecule has 1 aromatic carbocycles. The van der Waals surface area contributed by atoms with Crippen molar-refractivity contribution in [1.29, 1.82) is 0 Å². The molecule has 0 bridgehead atoms. The molecule has 14 heavy (non-hydrogen) atoms. The maximum absolute atomic E-state index is 5.77. The maximum atomic E-state index is 5.77. The first-order valence-electron chi connectivity index (χ1n) is 5.02. The minimum Gasteiger partial charge on any atom is -0.491 e. The van der Waals surface area contributed by atoms with Gasteiger partial charge >= 0.3 is 0 Å². The molecule has 3 nitrogen and oxygen atoms in total. The van der Waals surface area contributed by atoms with E-state index in [2.05, 4.69) is 11.4 Å². The highest BCUT2D eigenvalue weighted by Crippen LogP contribution is 2.35. The quantitative estimate of drug-likeness (QED) is 0.666. The molecule has 0 aromatic heterocycles. The van der Waals surface area contributed by atoms with Gasteiger partial charge in [-0.05, 0) is 6.07 Å². The molecule has 0 amide bonds. The monoisotopic (exact) mass is 191 g/mol. The summed E-state index contributed by atoms with van der Waals surface area (Å²) in [6, 6.07) is 8.43. The van der Waals surface area contributed by atoms with E-state index >= 15 is 0 Å². The Morgan fingerprint density at radius 2 is 2.21 bits per heavy atom. The molecule has 1 fully saturated rings. The Morgan fingerprint density at radius 1 is 1.29 bits per heavy atom. The highest BCUT2D eigenvalue weighted by molar-refractivity contribution is 5.38. The Bertz CT molecular complexity index is 340. The van der Waals surface area contributed by atoms with Gasteiger partial charge in [-0.2, -0.15) is 0 Å². The summed E-state index contributed by atoms with van der Waals surface area (Å²) in [6.45, 7) is 2.42. The van der Waals surface area contributed by atoms with Crippen LogP contribution in [0.1, 0.15) is 11.7 Å². The van der Waals surface area contributed by atoms with Crippen molar-refractivity contribution in [1.82, 2.24) is 5.32 Å². The van der Waals surface area contributed by atoms with Crippen molar-refractivity contribution in [2.75, 3.05) is 19.8 Å². The van der Waals surface area contributed by atoms with Crippen LogP contribution in [-0.2, 0) is 4.74 Å². The lowest BCUT2D eigenvalue weighted by Gasteiger charge is -2.37. The van der Waals surface area contributed by atoms with Crippen LogP contribution in [0.3, 0.4) is 0 Å². The van der Waals surface area contributed by atoms with Crippen LogP contribution in [0.4, 0.5) is 0 Å². The number of hydrogen-bond donors (Lipinski definition) is 1. The fourth-order valence-corrected chi connectivity index (χ4v) is 2.13. The summed E-state index contributed by atoms with van der Waals surface area (Å²) in [4.78, 5) is 0. The lowest BCUT2D eigenvalue weighted by molar-refractivity contribution is -0.0307. The van der Waals surface area contributed by atoms with Crippen molar-refractivity contribution in [3.63, 3.8) is 0 Å². The number of fused-ring (bicyclic) bond motifs is 3. The molecule has 0 spiro atoms. The third-order valence-corrected chi connectivity index (χ3v) is 2.82. The summed E-state index contributed by atoms with van der Waals surface area (Å²) < 4.78 is 11.4. The zero-order chi connectivity index (χ0) is 9.38. The van der Waals surface area contributed by atoms with E-state index in [0.717, 1.165) is 18.9 Å². The van der Waals surface area contributed by atoms with Crippen LogP contribution in [0, 0.1) is 0 Å². The number of nitrogens with one attached hydrogen (secondary N) is 1. The highest BCUT2D eigenvalue weighted by atomic mass is 16.5. The molecular formula is C11H13NO2. The van der Waals surface area contributed by atoms with Gasteiger partial charge in [0.05, 0.1) is 12.6 Å². The number of hydrogen-bond acceptors (Lipinski definition) is 3. The molecule has 74 valence electrons. The summed E-state index contributed by atoms with van der Waals surface area (Å²) in [5.41, 5.74) is 1.18. The van der Waals surface area contributed by atoms with E-state index in [1.807, 2.05) is 18.2 Å². The average molecular weight is 191 g/mol. The average Bonchev–Trinajstić information content (AvgIpc) is 2.29. The van der Waals surface area contributed by atoms with Crippen LogP contribution < -0.4 is 10.1 Å². The molecular weight excluding hydrogens is 178 g/mol. The fraction of sp³-hybridized carbons (Fsp3) is 0.455. The fourth-order valence-electron chi connectivity index (χ4n) is 2.13. The standard InChI is InChI=1S/C11H13NO2/c1-2-4-10-8(3-1)11-9(7-14-10)12-5-6-13-11/h1-4,9,11-12H,5-7H2.